The van der Waals surface area contributed by atoms with Crippen LogP contribution >= 0.6 is 11.6 Å². The van der Waals surface area contributed by atoms with Gasteiger partial charge in [-0.2, -0.15) is 0 Å². The number of hydrogen-bond acceptors (Lipinski definition) is 3. The van der Waals surface area contributed by atoms with Gasteiger partial charge in [0.1, 0.15) is 0 Å². The molecule has 1 aromatic rings. The first kappa shape index (κ1) is 15.1. The van der Waals surface area contributed by atoms with E-state index in [4.69, 9.17) is 11.6 Å². The number of nitrogens with zero attached hydrogens (tertiary/aromatic N) is 2. The molecule has 2 saturated heterocycles. The summed E-state index contributed by atoms with van der Waals surface area (Å²) in [5.74, 6) is 0. The second-order valence-corrected chi connectivity index (χ2v) is 6.59. The van der Waals surface area contributed by atoms with Crippen LogP contribution in [0.2, 0.25) is 5.02 Å². The van der Waals surface area contributed by atoms with Crippen LogP contribution in [0.3, 0.4) is 0 Å². The highest BCUT2D eigenvalue weighted by molar-refractivity contribution is 6.31. The lowest BCUT2D eigenvalue weighted by molar-refractivity contribution is 0.273. The van der Waals surface area contributed by atoms with Crippen LogP contribution in [0, 0.1) is 0 Å². The summed E-state index contributed by atoms with van der Waals surface area (Å²) < 4.78 is 0. The van der Waals surface area contributed by atoms with Gasteiger partial charge < -0.3 is 10.2 Å². The predicted octanol–water partition coefficient (Wildman–Crippen LogP) is 3.12. The summed E-state index contributed by atoms with van der Waals surface area (Å²) in [7, 11) is 0. The fourth-order valence-electron chi connectivity index (χ4n) is 3.58. The molecule has 0 spiro atoms. The van der Waals surface area contributed by atoms with E-state index >= 15 is 0 Å². The van der Waals surface area contributed by atoms with Crippen molar-refractivity contribution in [1.82, 2.24) is 10.2 Å². The number of halogens is 1. The first-order chi connectivity index (χ1) is 10.3. The molecule has 0 bridgehead atoms. The summed E-state index contributed by atoms with van der Waals surface area (Å²) >= 11 is 6.46. The van der Waals surface area contributed by atoms with Crippen LogP contribution in [0.15, 0.2) is 18.2 Å². The van der Waals surface area contributed by atoms with E-state index in [1.54, 1.807) is 0 Å². The normalized spacial score (nSPS) is 23.1. The van der Waals surface area contributed by atoms with E-state index in [-0.39, 0.29) is 0 Å². The van der Waals surface area contributed by atoms with E-state index in [2.05, 4.69) is 40.2 Å². The summed E-state index contributed by atoms with van der Waals surface area (Å²) in [5.41, 5.74) is 2.48. The Morgan fingerprint density at radius 3 is 2.90 bits per heavy atom. The highest BCUT2D eigenvalue weighted by atomic mass is 35.5. The lowest BCUT2D eigenvalue weighted by Gasteiger charge is -2.27. The standard InChI is InChI=1S/C17H26ClN3/c1-2-19-12-14-6-7-15(11-17(14)18)21-10-4-9-20-8-3-5-16(20)13-21/h6-7,11,16,19H,2-5,8-10,12-13H2,1H3. The molecule has 1 atom stereocenters. The van der Waals surface area contributed by atoms with Gasteiger partial charge in [0.05, 0.1) is 0 Å². The third-order valence-electron chi connectivity index (χ3n) is 4.77. The lowest BCUT2D eigenvalue weighted by Crippen LogP contribution is -2.36. The minimum Gasteiger partial charge on any atom is -0.370 e. The first-order valence-corrected chi connectivity index (χ1v) is 8.64. The Labute approximate surface area is 133 Å². The van der Waals surface area contributed by atoms with E-state index < -0.39 is 0 Å². The van der Waals surface area contributed by atoms with Crippen molar-refractivity contribution < 1.29 is 0 Å². The van der Waals surface area contributed by atoms with Gasteiger partial charge in [0.2, 0.25) is 0 Å². The zero-order chi connectivity index (χ0) is 14.7. The number of benzene rings is 1. The van der Waals surface area contributed by atoms with Gasteiger partial charge in [0, 0.05) is 42.9 Å². The Morgan fingerprint density at radius 1 is 1.24 bits per heavy atom. The van der Waals surface area contributed by atoms with Crippen molar-refractivity contribution in [2.24, 2.45) is 0 Å². The van der Waals surface area contributed by atoms with Crippen LogP contribution in [0.25, 0.3) is 0 Å². The predicted molar refractivity (Wildman–Crippen MR) is 90.3 cm³/mol. The van der Waals surface area contributed by atoms with Crippen molar-refractivity contribution in [3.8, 4) is 0 Å². The molecule has 2 aliphatic rings. The van der Waals surface area contributed by atoms with Crippen molar-refractivity contribution >= 4 is 17.3 Å². The topological polar surface area (TPSA) is 18.5 Å². The fourth-order valence-corrected chi connectivity index (χ4v) is 3.82. The Kier molecular flexibility index (Phi) is 5.04. The summed E-state index contributed by atoms with van der Waals surface area (Å²) in [5, 5.41) is 4.23. The highest BCUT2D eigenvalue weighted by Crippen LogP contribution is 2.28. The van der Waals surface area contributed by atoms with Gasteiger partial charge >= 0.3 is 0 Å². The molecule has 1 unspecified atom stereocenters. The van der Waals surface area contributed by atoms with E-state index in [0.29, 0.717) is 0 Å². The van der Waals surface area contributed by atoms with Gasteiger partial charge in [-0.15, -0.1) is 0 Å². The maximum atomic E-state index is 6.46. The smallest absolute Gasteiger partial charge is 0.0471 e. The zero-order valence-electron chi connectivity index (χ0n) is 12.9. The van der Waals surface area contributed by atoms with Crippen molar-refractivity contribution in [1.29, 1.82) is 0 Å². The molecule has 0 amide bonds. The molecule has 2 heterocycles. The average molecular weight is 308 g/mol. The minimum atomic E-state index is 0.743. The van der Waals surface area contributed by atoms with Gasteiger partial charge in [0.15, 0.2) is 0 Å². The minimum absolute atomic E-state index is 0.743. The molecule has 1 N–H and O–H groups in total. The maximum Gasteiger partial charge on any atom is 0.0471 e. The third-order valence-corrected chi connectivity index (χ3v) is 5.12. The third kappa shape index (κ3) is 3.53. The van der Waals surface area contributed by atoms with Crippen LogP contribution in [-0.2, 0) is 6.54 Å². The summed E-state index contributed by atoms with van der Waals surface area (Å²) in [6, 6.07) is 7.31. The first-order valence-electron chi connectivity index (χ1n) is 8.26. The van der Waals surface area contributed by atoms with Crippen LogP contribution in [0.5, 0.6) is 0 Å². The molecular formula is C17H26ClN3. The van der Waals surface area contributed by atoms with Gasteiger partial charge in [-0.3, -0.25) is 4.90 Å². The Hall–Kier alpha value is -0.770. The Bertz CT molecular complexity index is 477. The molecular weight excluding hydrogens is 282 g/mol. The van der Waals surface area contributed by atoms with Gasteiger partial charge in [-0.1, -0.05) is 24.6 Å². The van der Waals surface area contributed by atoms with E-state index in [1.165, 1.54) is 43.6 Å². The number of rotatable bonds is 4. The van der Waals surface area contributed by atoms with Crippen molar-refractivity contribution in [2.75, 3.05) is 37.6 Å². The molecule has 116 valence electrons. The zero-order valence-corrected chi connectivity index (χ0v) is 13.7. The molecule has 0 radical (unpaired) electrons. The molecule has 0 aromatic heterocycles. The fraction of sp³-hybridized carbons (Fsp3) is 0.647. The number of anilines is 1. The van der Waals surface area contributed by atoms with Crippen LogP contribution < -0.4 is 10.2 Å². The van der Waals surface area contributed by atoms with Crippen LogP contribution in [0.1, 0.15) is 31.7 Å². The monoisotopic (exact) mass is 307 g/mol. The van der Waals surface area contributed by atoms with Gasteiger partial charge in [-0.25, -0.2) is 0 Å². The van der Waals surface area contributed by atoms with Gasteiger partial charge in [-0.05, 0) is 50.0 Å². The van der Waals surface area contributed by atoms with Crippen molar-refractivity contribution in [3.05, 3.63) is 28.8 Å². The summed E-state index contributed by atoms with van der Waals surface area (Å²) in [6.07, 6.45) is 3.97. The second-order valence-electron chi connectivity index (χ2n) is 6.19. The molecule has 3 nitrogen and oxygen atoms in total. The van der Waals surface area contributed by atoms with Crippen molar-refractivity contribution in [3.63, 3.8) is 0 Å². The molecule has 1 aromatic carbocycles. The Morgan fingerprint density at radius 2 is 2.10 bits per heavy atom. The van der Waals surface area contributed by atoms with E-state index in [9.17, 15) is 0 Å². The summed E-state index contributed by atoms with van der Waals surface area (Å²) in [4.78, 5) is 5.19. The second kappa shape index (κ2) is 6.99. The molecule has 3 rings (SSSR count). The quantitative estimate of drug-likeness (QED) is 0.922. The largest absolute Gasteiger partial charge is 0.370 e. The molecule has 0 saturated carbocycles. The molecule has 2 aliphatic heterocycles. The number of fused-ring (bicyclic) bond motifs is 1. The van der Waals surface area contributed by atoms with Crippen molar-refractivity contribution in [2.45, 2.75) is 38.8 Å². The average Bonchev–Trinajstić information content (AvgIpc) is 2.83. The van der Waals surface area contributed by atoms with Crippen LogP contribution in [-0.4, -0.2) is 43.7 Å². The molecule has 2 fully saturated rings. The van der Waals surface area contributed by atoms with E-state index in [1.807, 2.05) is 0 Å². The van der Waals surface area contributed by atoms with Gasteiger partial charge in [0.25, 0.3) is 0 Å². The Balaban J connectivity index is 1.72. The molecule has 21 heavy (non-hydrogen) atoms. The SMILES string of the molecule is CCNCc1ccc(N2CCCN3CCCC3C2)cc1Cl. The number of hydrogen-bond donors (Lipinski definition) is 1. The summed E-state index contributed by atoms with van der Waals surface area (Å²) in [6.45, 7) is 8.80. The van der Waals surface area contributed by atoms with E-state index in [0.717, 1.165) is 37.2 Å². The highest BCUT2D eigenvalue weighted by Gasteiger charge is 2.28. The maximum absolute atomic E-state index is 6.46. The van der Waals surface area contributed by atoms with Crippen LogP contribution in [0.4, 0.5) is 5.69 Å². The molecule has 0 aliphatic carbocycles. The number of nitrogens with one attached hydrogen (secondary N) is 1. The lowest BCUT2D eigenvalue weighted by atomic mass is 10.1. The molecule has 4 heteroatoms.